The van der Waals surface area contributed by atoms with Crippen LogP contribution >= 0.6 is 21.6 Å². The van der Waals surface area contributed by atoms with Gasteiger partial charge in [0.1, 0.15) is 72.5 Å². The van der Waals surface area contributed by atoms with Crippen molar-refractivity contribution in [3.05, 3.63) is 0 Å². The van der Waals surface area contributed by atoms with Gasteiger partial charge in [0, 0.05) is 26.2 Å². The van der Waals surface area contributed by atoms with Gasteiger partial charge in [-0.15, -0.1) is 0 Å². The van der Waals surface area contributed by atoms with Gasteiger partial charge in [-0.05, 0) is 114 Å². The lowest BCUT2D eigenvalue weighted by atomic mass is 9.87. The monoisotopic (exact) mass is 1530 g/mol. The molecule has 0 aromatic carbocycles. The lowest BCUT2D eigenvalue weighted by Gasteiger charge is -2.38. The fraction of sp³-hybridized carbons (Fsp3) is 0.765. The van der Waals surface area contributed by atoms with Gasteiger partial charge in [-0.3, -0.25) is 76.9 Å². The van der Waals surface area contributed by atoms with E-state index in [4.69, 9.17) is 22.9 Å². The number of carboxylic acids is 1. The quantitative estimate of drug-likeness (QED) is 0.0181. The highest BCUT2D eigenvalue weighted by Gasteiger charge is 2.57. The molecular weight excluding hydrogens is 1420 g/mol. The first-order chi connectivity index (χ1) is 49.6. The van der Waals surface area contributed by atoms with E-state index in [2.05, 4.69) is 58.2 Å². The Hall–Kier alpha value is -8.10. The highest BCUT2D eigenvalue weighted by molar-refractivity contribution is 8.77. The van der Waals surface area contributed by atoms with Crippen LogP contribution in [-0.4, -0.2) is 253 Å². The van der Waals surface area contributed by atoms with Crippen LogP contribution < -0.4 is 76.1 Å². The summed E-state index contributed by atoms with van der Waals surface area (Å²) in [6.45, 7) is 17.7. The average Bonchev–Trinajstić information content (AvgIpc) is 1.58. The zero-order valence-corrected chi connectivity index (χ0v) is 64.5. The number of aliphatic hydroxyl groups excluding tert-OH is 2. The standard InChI is InChI=1S/C68H114N18O18S2/c1-13-33(4)46-57(98)82-49(59(100)81-48(35(6)15-3)64(104)84-25-17-20-42(84)55(96)75-38(50(70)91)27-45(89)90)67(11,12)106-105-61(83-58(99)47(34(5)14-2)79-51(92)36(7)69)60(101)78-41(31-88)53(94)74-37(19-16-24-73-65(71)72)52(93)77-40(30-87)54(95)76-39(28-66(8,9)10)62(102)85-26-18-21-43(85)63(103)86-32-68(22-23-68)29-44(86)56(97)80-46/h33-44,46-49,61,87-88H,13-32,69H2,1-12H3,(H2,70,91)(H,74,94)(H,75,96)(H,76,95)(H,77,93)(H,78,101)(H,79,92)(H,80,97)(H,81,100)(H,82,98)(H,83,99)(H,89,90)(H4,71,72,73)/t33-,34-,35-,36-,37-,38-,39-,40-,41-,42-,43-,44-,46-,47-,48-,49+,61-/m0/s1. The summed E-state index contributed by atoms with van der Waals surface area (Å²) in [4.78, 5) is 224. The van der Waals surface area contributed by atoms with Crippen LogP contribution in [-0.2, 0) is 71.9 Å². The minimum absolute atomic E-state index is 0.0136. The molecule has 1 saturated carbocycles. The lowest BCUT2D eigenvalue weighted by molar-refractivity contribution is -0.148. The van der Waals surface area contributed by atoms with Crippen LogP contribution in [0.1, 0.15) is 173 Å². The van der Waals surface area contributed by atoms with Crippen LogP contribution in [0.4, 0.5) is 0 Å². The molecule has 4 saturated heterocycles. The third kappa shape index (κ3) is 24.2. The number of carboxylic acid groups (broad SMARTS) is 1. The maximum absolute atomic E-state index is 15.7. The summed E-state index contributed by atoms with van der Waals surface area (Å²) in [6, 6.07) is -19.2. The highest BCUT2D eigenvalue weighted by Crippen LogP contribution is 2.55. The molecule has 596 valence electrons. The van der Waals surface area contributed by atoms with Crippen molar-refractivity contribution in [2.45, 2.75) is 262 Å². The normalized spacial score (nSPS) is 27.0. The number of carbonyl (C=O) groups is 15. The minimum atomic E-state index is -1.96. The summed E-state index contributed by atoms with van der Waals surface area (Å²) in [7, 11) is 1.29. The second kappa shape index (κ2) is 39.1. The molecule has 1 spiro atoms. The first-order valence-corrected chi connectivity index (χ1v) is 38.6. The molecule has 36 nitrogen and oxygen atoms in total. The number of nitrogens with one attached hydrogen (secondary N) is 10. The second-order valence-electron chi connectivity index (χ2n) is 30.5. The number of primary amides is 1. The predicted octanol–water partition coefficient (Wildman–Crippen LogP) is -3.75. The summed E-state index contributed by atoms with van der Waals surface area (Å²) in [5.74, 6) is -16.8. The number of aliphatic hydroxyl groups is 2. The van der Waals surface area contributed by atoms with Gasteiger partial charge in [-0.25, -0.2) is 0 Å². The number of fused-ring (bicyclic) bond motifs is 2. The van der Waals surface area contributed by atoms with E-state index in [1.54, 1.807) is 62.3 Å². The van der Waals surface area contributed by atoms with Gasteiger partial charge in [0.05, 0.1) is 30.4 Å². The van der Waals surface area contributed by atoms with Crippen molar-refractivity contribution < 1.29 is 87.2 Å². The zero-order valence-electron chi connectivity index (χ0n) is 62.8. The molecule has 38 heteroatoms. The number of hydrogen-bond acceptors (Lipinski definition) is 21. The number of carbonyl (C=O) groups excluding carboxylic acids is 14. The molecule has 5 aliphatic rings. The molecule has 1 aliphatic carbocycles. The number of rotatable bonds is 25. The SMILES string of the molecule is CC[C@H](C)[C@H](NC(=O)[C@H](C)N)C(=O)N[C@H]1SSC(C)(C)[C@@H](C(=O)N[C@H](C(=O)N2CCC[C@H]2C(=O)N[C@@H](CC(=O)O)C(N)=O)[C@@H](C)CC)NC(=O)[C@H]([C@@H](C)CC)NC(=O)[C@@H]2CC3(CC3)CN2C(=O)[C@@H]2CCCN2C(=O)[C@H](CC(C)(C)C)NC(=O)[C@H](CO)NC(=O)[C@H](CCCN=C(N)N)NC(=O)[C@H](CO)NC1=O. The Balaban J connectivity index is 1.72. The van der Waals surface area contributed by atoms with Crippen molar-refractivity contribution in [1.29, 1.82) is 0 Å². The average molecular weight is 1540 g/mol. The first-order valence-electron chi connectivity index (χ1n) is 36.4. The fourth-order valence-corrected chi connectivity index (χ4v) is 15.8. The largest absolute Gasteiger partial charge is 0.481 e. The maximum Gasteiger partial charge on any atom is 0.305 e. The fourth-order valence-electron chi connectivity index (χ4n) is 13.1. The molecule has 17 atom stereocenters. The molecule has 5 fully saturated rings. The van der Waals surface area contributed by atoms with Crippen molar-refractivity contribution in [3.8, 4) is 0 Å². The molecule has 14 amide bonds. The van der Waals surface area contributed by atoms with Gasteiger partial charge in [0.2, 0.25) is 76.8 Å². The topological polar surface area (TPSA) is 563 Å². The van der Waals surface area contributed by atoms with Gasteiger partial charge in [0.25, 0.3) is 5.91 Å². The van der Waals surface area contributed by atoms with E-state index in [0.29, 0.717) is 30.1 Å². The Labute approximate surface area is 626 Å². The van der Waals surface area contributed by atoms with Gasteiger partial charge in [-0.1, -0.05) is 103 Å². The Kier molecular flexibility index (Phi) is 32.7. The van der Waals surface area contributed by atoms with Gasteiger partial charge in [0.15, 0.2) is 11.3 Å². The van der Waals surface area contributed by atoms with Crippen molar-refractivity contribution in [1.82, 2.24) is 67.9 Å². The second-order valence-corrected chi connectivity index (χ2v) is 33.4. The van der Waals surface area contributed by atoms with E-state index in [1.165, 1.54) is 35.5 Å². The molecule has 0 bridgehead atoms. The summed E-state index contributed by atoms with van der Waals surface area (Å²) in [5, 5.41) is 55.3. The molecule has 21 N–H and O–H groups in total. The number of aliphatic carboxylic acids is 1. The van der Waals surface area contributed by atoms with Crippen LogP contribution in [0.2, 0.25) is 0 Å². The Bertz CT molecular complexity index is 3260. The van der Waals surface area contributed by atoms with Crippen molar-refractivity contribution in [2.75, 3.05) is 39.4 Å². The molecule has 106 heavy (non-hydrogen) atoms. The Morgan fingerprint density at radius 2 is 1.24 bits per heavy atom. The number of nitrogens with zero attached hydrogens (tertiary/aromatic N) is 4. The van der Waals surface area contributed by atoms with E-state index in [0.717, 1.165) is 10.8 Å². The molecule has 4 aliphatic heterocycles. The molecule has 5 rings (SSSR count). The molecular formula is C68H114N18O18S2. The number of amides is 14. The van der Waals surface area contributed by atoms with E-state index in [9.17, 15) is 53.7 Å². The van der Waals surface area contributed by atoms with Crippen LogP contribution in [0.3, 0.4) is 0 Å². The van der Waals surface area contributed by atoms with Crippen molar-refractivity contribution in [3.63, 3.8) is 0 Å². The summed E-state index contributed by atoms with van der Waals surface area (Å²) >= 11 is 0. The van der Waals surface area contributed by atoms with Crippen LogP contribution in [0, 0.1) is 28.6 Å². The maximum atomic E-state index is 15.7. The number of hydrogen-bond donors (Lipinski definition) is 17. The van der Waals surface area contributed by atoms with Crippen molar-refractivity contribution in [2.24, 2.45) is 56.5 Å². The molecule has 0 radical (unpaired) electrons. The number of likely N-dealkylation sites (tertiary alicyclic amines) is 1. The molecule has 0 unspecified atom stereocenters. The van der Waals surface area contributed by atoms with Crippen LogP contribution in [0.25, 0.3) is 0 Å². The third-order valence-corrected chi connectivity index (χ3v) is 23.7. The van der Waals surface area contributed by atoms with E-state index >= 15 is 33.6 Å². The van der Waals surface area contributed by atoms with Crippen LogP contribution in [0.5, 0.6) is 0 Å². The molecule has 0 aromatic rings. The molecule has 4 heterocycles. The highest BCUT2D eigenvalue weighted by atomic mass is 33.1. The van der Waals surface area contributed by atoms with E-state index in [-0.39, 0.29) is 96.3 Å². The number of guanidine groups is 1. The minimum Gasteiger partial charge on any atom is -0.481 e. The summed E-state index contributed by atoms with van der Waals surface area (Å²) < 4.78 is -1.74. The van der Waals surface area contributed by atoms with Gasteiger partial charge < -0.3 is 106 Å². The van der Waals surface area contributed by atoms with Crippen molar-refractivity contribution >= 4 is 116 Å². The number of nitrogens with two attached hydrogens (primary N) is 4. The Morgan fingerprint density at radius 1 is 0.660 bits per heavy atom. The lowest BCUT2D eigenvalue weighted by Crippen LogP contribution is -2.64. The van der Waals surface area contributed by atoms with E-state index in [1.807, 2.05) is 0 Å². The molecule has 0 aromatic heterocycles. The third-order valence-electron chi connectivity index (χ3n) is 20.3. The van der Waals surface area contributed by atoms with Gasteiger partial charge >= 0.3 is 5.97 Å². The smallest absolute Gasteiger partial charge is 0.305 e. The van der Waals surface area contributed by atoms with Gasteiger partial charge in [-0.2, -0.15) is 0 Å². The number of aliphatic imine (C=N–C) groups is 1. The van der Waals surface area contributed by atoms with Crippen LogP contribution in [0.15, 0.2) is 4.99 Å². The van der Waals surface area contributed by atoms with E-state index < -0.39 is 226 Å². The zero-order chi connectivity index (χ0) is 79.6. The summed E-state index contributed by atoms with van der Waals surface area (Å²) in [6.07, 6.45) is 1.92. The summed E-state index contributed by atoms with van der Waals surface area (Å²) in [5.41, 5.74) is 21.4. The Morgan fingerprint density at radius 3 is 1.78 bits per heavy atom. The predicted molar refractivity (Wildman–Crippen MR) is 391 cm³/mol. The first kappa shape index (κ1) is 88.5.